The number of sulfonamides is 1. The van der Waals surface area contributed by atoms with Crippen molar-refractivity contribution in [2.45, 2.75) is 37.6 Å². The highest BCUT2D eigenvalue weighted by atomic mass is 32.2. The van der Waals surface area contributed by atoms with Gasteiger partial charge < -0.3 is 4.90 Å². The minimum atomic E-state index is -3.56. The van der Waals surface area contributed by atoms with Crippen LogP contribution in [0.1, 0.15) is 37.0 Å². The van der Waals surface area contributed by atoms with E-state index in [4.69, 9.17) is 0 Å². The zero-order chi connectivity index (χ0) is 21.2. The molecule has 0 aromatic heterocycles. The Morgan fingerprint density at radius 1 is 1.10 bits per heavy atom. The third-order valence-electron chi connectivity index (χ3n) is 5.35. The van der Waals surface area contributed by atoms with E-state index in [2.05, 4.69) is 0 Å². The maximum atomic E-state index is 12.8. The van der Waals surface area contributed by atoms with E-state index < -0.39 is 10.0 Å². The summed E-state index contributed by atoms with van der Waals surface area (Å²) in [7, 11) is -3.56. The number of likely N-dealkylation sites (tertiary alicyclic amines) is 1. The Labute approximate surface area is 175 Å². The fourth-order valence-corrected chi connectivity index (χ4v) is 5.94. The lowest BCUT2D eigenvalue weighted by molar-refractivity contribution is -0.126. The van der Waals surface area contributed by atoms with Gasteiger partial charge in [-0.05, 0) is 37.1 Å². The van der Waals surface area contributed by atoms with Crippen molar-refractivity contribution >= 4 is 38.8 Å². The second-order valence-electron chi connectivity index (χ2n) is 6.96. The van der Waals surface area contributed by atoms with Crippen LogP contribution >= 0.6 is 11.8 Å². The SMILES string of the molecule is CCN(CC)S(=O)(=O)c1ccc(C(=O)N2CCC(N3C(=O)CSC3=O)CC2)cc1. The fourth-order valence-electron chi connectivity index (χ4n) is 3.71. The predicted molar refractivity (Wildman–Crippen MR) is 110 cm³/mol. The maximum Gasteiger partial charge on any atom is 0.289 e. The summed E-state index contributed by atoms with van der Waals surface area (Å²) in [5, 5.41) is -0.204. The van der Waals surface area contributed by atoms with Gasteiger partial charge in [0.2, 0.25) is 15.9 Å². The van der Waals surface area contributed by atoms with Gasteiger partial charge in [0.15, 0.2) is 0 Å². The number of hydrogen-bond acceptors (Lipinski definition) is 6. The first-order valence-electron chi connectivity index (χ1n) is 9.67. The molecule has 2 heterocycles. The van der Waals surface area contributed by atoms with Crippen LogP contribution in [0.15, 0.2) is 29.2 Å². The molecule has 8 nitrogen and oxygen atoms in total. The number of rotatable bonds is 6. The van der Waals surface area contributed by atoms with Crippen LogP contribution < -0.4 is 0 Å². The third-order valence-corrected chi connectivity index (χ3v) is 8.24. The summed E-state index contributed by atoms with van der Waals surface area (Å²) in [5.41, 5.74) is 0.422. The first kappa shape index (κ1) is 21.8. The van der Waals surface area contributed by atoms with Gasteiger partial charge in [0, 0.05) is 37.8 Å². The molecular formula is C19H25N3O5S2. The first-order valence-corrected chi connectivity index (χ1v) is 12.1. The van der Waals surface area contributed by atoms with E-state index in [1.807, 2.05) is 0 Å². The molecule has 0 spiro atoms. The lowest BCUT2D eigenvalue weighted by Gasteiger charge is -2.35. The molecular weight excluding hydrogens is 414 g/mol. The molecule has 158 valence electrons. The first-order chi connectivity index (χ1) is 13.8. The smallest absolute Gasteiger partial charge is 0.289 e. The van der Waals surface area contributed by atoms with Crippen LogP contribution in [0.5, 0.6) is 0 Å². The second-order valence-corrected chi connectivity index (χ2v) is 9.82. The molecule has 2 aliphatic rings. The van der Waals surface area contributed by atoms with Gasteiger partial charge in [0.25, 0.3) is 11.1 Å². The Balaban J connectivity index is 1.64. The molecule has 1 aromatic rings. The van der Waals surface area contributed by atoms with Crippen LogP contribution in [0.4, 0.5) is 4.79 Å². The van der Waals surface area contributed by atoms with Gasteiger partial charge in [-0.1, -0.05) is 25.6 Å². The lowest BCUT2D eigenvalue weighted by atomic mass is 10.0. The van der Waals surface area contributed by atoms with Crippen LogP contribution in [0.3, 0.4) is 0 Å². The van der Waals surface area contributed by atoms with E-state index in [9.17, 15) is 22.8 Å². The molecule has 0 bridgehead atoms. The van der Waals surface area contributed by atoms with Gasteiger partial charge in [0.05, 0.1) is 10.6 Å². The minimum absolute atomic E-state index is 0.157. The van der Waals surface area contributed by atoms with Gasteiger partial charge in [-0.15, -0.1) is 0 Å². The molecule has 0 aliphatic carbocycles. The van der Waals surface area contributed by atoms with Gasteiger partial charge in [0.1, 0.15) is 0 Å². The van der Waals surface area contributed by atoms with Gasteiger partial charge >= 0.3 is 0 Å². The van der Waals surface area contributed by atoms with Crippen LogP contribution in [-0.4, -0.2) is 77.6 Å². The number of benzene rings is 1. The number of hydrogen-bond donors (Lipinski definition) is 0. The molecule has 0 atom stereocenters. The Morgan fingerprint density at radius 2 is 1.69 bits per heavy atom. The number of nitrogens with zero attached hydrogens (tertiary/aromatic N) is 3. The van der Waals surface area contributed by atoms with Crippen molar-refractivity contribution in [3.05, 3.63) is 29.8 Å². The number of imide groups is 1. The lowest BCUT2D eigenvalue weighted by Crippen LogP contribution is -2.48. The van der Waals surface area contributed by atoms with Crippen LogP contribution in [0.2, 0.25) is 0 Å². The molecule has 3 amide bonds. The van der Waals surface area contributed by atoms with Crippen molar-refractivity contribution in [2.24, 2.45) is 0 Å². The summed E-state index contributed by atoms with van der Waals surface area (Å²) in [6.45, 7) is 5.23. The monoisotopic (exact) mass is 439 g/mol. The molecule has 3 rings (SSSR count). The standard InChI is InChI=1S/C19H25N3O5S2/c1-3-21(4-2)29(26,27)16-7-5-14(6-8-16)18(24)20-11-9-15(10-12-20)22-17(23)13-28-19(22)25/h5-8,15H,3-4,9-13H2,1-2H3. The van der Waals surface area contributed by atoms with E-state index >= 15 is 0 Å². The molecule has 0 radical (unpaired) electrons. The van der Waals surface area contributed by atoms with Crippen molar-refractivity contribution in [1.29, 1.82) is 0 Å². The number of carbonyl (C=O) groups excluding carboxylic acids is 3. The highest BCUT2D eigenvalue weighted by Gasteiger charge is 2.38. The summed E-state index contributed by atoms with van der Waals surface area (Å²) >= 11 is 1.02. The number of amides is 3. The molecule has 0 unspecified atom stereocenters. The predicted octanol–water partition coefficient (Wildman–Crippen LogP) is 2.02. The van der Waals surface area contributed by atoms with E-state index in [0.29, 0.717) is 44.6 Å². The zero-order valence-electron chi connectivity index (χ0n) is 16.5. The van der Waals surface area contributed by atoms with Crippen molar-refractivity contribution < 1.29 is 22.8 Å². The van der Waals surface area contributed by atoms with Crippen molar-refractivity contribution in [3.63, 3.8) is 0 Å². The second kappa shape index (κ2) is 8.85. The van der Waals surface area contributed by atoms with E-state index in [0.717, 1.165) is 11.8 Å². The minimum Gasteiger partial charge on any atom is -0.338 e. The summed E-state index contributed by atoms with van der Waals surface area (Å²) < 4.78 is 26.5. The highest BCUT2D eigenvalue weighted by Crippen LogP contribution is 2.27. The number of carbonyl (C=O) groups is 3. The topological polar surface area (TPSA) is 95.1 Å². The molecule has 2 aliphatic heterocycles. The summed E-state index contributed by atoms with van der Waals surface area (Å²) in [4.78, 5) is 39.7. The molecule has 0 saturated carbocycles. The van der Waals surface area contributed by atoms with Crippen molar-refractivity contribution in [2.75, 3.05) is 31.9 Å². The Hall–Kier alpha value is -1.91. The molecule has 29 heavy (non-hydrogen) atoms. The summed E-state index contributed by atoms with van der Waals surface area (Å²) in [6.07, 6.45) is 1.11. The summed E-state index contributed by atoms with van der Waals surface area (Å²) in [6, 6.07) is 5.85. The Kier molecular flexibility index (Phi) is 6.65. The van der Waals surface area contributed by atoms with Crippen LogP contribution in [0, 0.1) is 0 Å². The molecule has 10 heteroatoms. The van der Waals surface area contributed by atoms with E-state index in [1.54, 1.807) is 18.7 Å². The van der Waals surface area contributed by atoms with Crippen LogP contribution in [-0.2, 0) is 14.8 Å². The average Bonchev–Trinajstić information content (AvgIpc) is 3.06. The Bertz CT molecular complexity index is 873. The zero-order valence-corrected chi connectivity index (χ0v) is 18.2. The maximum absolute atomic E-state index is 12.8. The molecule has 2 fully saturated rings. The highest BCUT2D eigenvalue weighted by molar-refractivity contribution is 8.14. The average molecular weight is 440 g/mol. The third kappa shape index (κ3) is 4.34. The molecule has 2 saturated heterocycles. The normalized spacial score (nSPS) is 18.7. The quantitative estimate of drug-likeness (QED) is 0.673. The van der Waals surface area contributed by atoms with Gasteiger partial charge in [-0.25, -0.2) is 8.42 Å². The van der Waals surface area contributed by atoms with E-state index in [1.165, 1.54) is 33.5 Å². The molecule has 0 N–H and O–H groups in total. The largest absolute Gasteiger partial charge is 0.338 e. The molecule has 1 aromatic carbocycles. The van der Waals surface area contributed by atoms with Crippen molar-refractivity contribution in [1.82, 2.24) is 14.1 Å². The van der Waals surface area contributed by atoms with Gasteiger partial charge in [-0.2, -0.15) is 4.31 Å². The Morgan fingerprint density at radius 3 is 2.17 bits per heavy atom. The van der Waals surface area contributed by atoms with E-state index in [-0.39, 0.29) is 33.7 Å². The number of piperidine rings is 1. The summed E-state index contributed by atoms with van der Waals surface area (Å²) in [5.74, 6) is -0.140. The number of thioether (sulfide) groups is 1. The van der Waals surface area contributed by atoms with Gasteiger partial charge in [-0.3, -0.25) is 19.3 Å². The van der Waals surface area contributed by atoms with Crippen molar-refractivity contribution in [3.8, 4) is 0 Å². The fraction of sp³-hybridized carbons (Fsp3) is 0.526. The van der Waals surface area contributed by atoms with Crippen LogP contribution in [0.25, 0.3) is 0 Å².